The number of thiophene rings is 1. The summed E-state index contributed by atoms with van der Waals surface area (Å²) in [4.78, 5) is 9.14. The van der Waals surface area contributed by atoms with Crippen LogP contribution in [0.5, 0.6) is 0 Å². The fourth-order valence-electron chi connectivity index (χ4n) is 2.81. The van der Waals surface area contributed by atoms with Crippen molar-refractivity contribution in [1.82, 2.24) is 25.5 Å². The van der Waals surface area contributed by atoms with E-state index in [-0.39, 0.29) is 4.21 Å². The van der Waals surface area contributed by atoms with E-state index >= 15 is 0 Å². The topological polar surface area (TPSA) is 139 Å². The number of aromatic nitrogens is 4. The zero-order chi connectivity index (χ0) is 19.0. The van der Waals surface area contributed by atoms with Gasteiger partial charge in [0.15, 0.2) is 11.6 Å². The third-order valence-electron chi connectivity index (χ3n) is 4.16. The van der Waals surface area contributed by atoms with Crippen LogP contribution in [0.25, 0.3) is 10.7 Å². The molecule has 5 N–H and O–H groups in total. The molecule has 0 spiro atoms. The van der Waals surface area contributed by atoms with Gasteiger partial charge in [0.1, 0.15) is 15.0 Å². The number of nitrogens with two attached hydrogens (primary N) is 1. The molecule has 0 aromatic carbocycles. The molecule has 0 amide bonds. The lowest BCUT2D eigenvalue weighted by Crippen LogP contribution is -2.09. The van der Waals surface area contributed by atoms with Gasteiger partial charge in [0.05, 0.1) is 16.8 Å². The van der Waals surface area contributed by atoms with Crippen molar-refractivity contribution in [3.05, 3.63) is 35.1 Å². The van der Waals surface area contributed by atoms with Gasteiger partial charge in [-0.05, 0) is 25.1 Å². The van der Waals surface area contributed by atoms with E-state index in [1.54, 1.807) is 6.07 Å². The first-order chi connectivity index (χ1) is 12.9. The lowest BCUT2D eigenvalue weighted by molar-refractivity contribution is 0.600. The van der Waals surface area contributed by atoms with Gasteiger partial charge in [-0.15, -0.1) is 11.3 Å². The zero-order valence-electron chi connectivity index (χ0n) is 13.9. The van der Waals surface area contributed by atoms with Crippen LogP contribution < -0.4 is 15.8 Å². The number of rotatable bonds is 5. The summed E-state index contributed by atoms with van der Waals surface area (Å²) < 4.78 is 22.9. The number of anilines is 2. The Morgan fingerprint density at radius 2 is 2.22 bits per heavy atom. The summed E-state index contributed by atoms with van der Waals surface area (Å²) >= 11 is 7.20. The minimum absolute atomic E-state index is 0.0499. The van der Waals surface area contributed by atoms with Crippen LogP contribution in [0.2, 0.25) is 5.02 Å². The first-order valence-electron chi connectivity index (χ1n) is 8.09. The predicted molar refractivity (Wildman–Crippen MR) is 104 cm³/mol. The van der Waals surface area contributed by atoms with Crippen molar-refractivity contribution in [2.45, 2.75) is 16.5 Å². The Labute approximate surface area is 164 Å². The molecule has 1 unspecified atom stereocenters. The van der Waals surface area contributed by atoms with Gasteiger partial charge in [0.2, 0.25) is 10.0 Å². The average molecular weight is 426 g/mol. The Morgan fingerprint density at radius 3 is 2.93 bits per heavy atom. The molecule has 9 nitrogen and oxygen atoms in total. The Hall–Kier alpha value is -2.05. The summed E-state index contributed by atoms with van der Waals surface area (Å²) in [5, 5.41) is 19.2. The summed E-state index contributed by atoms with van der Waals surface area (Å²) in [5.74, 6) is 1.80. The van der Waals surface area contributed by atoms with Crippen LogP contribution in [-0.2, 0) is 10.0 Å². The molecule has 1 fully saturated rings. The fourth-order valence-corrected chi connectivity index (χ4v) is 4.62. The number of aromatic amines is 1. The second-order valence-electron chi connectivity index (χ2n) is 6.08. The standard InChI is InChI=1S/C15H16ClN7O2S2/c16-9-7-19-15(11-1-2-13(26-11)27(17,24)25)21-14(9)20-12-5-10(22-23-12)8-3-4-18-6-8/h1-2,5,7-8,18H,3-4,6H2,(H2,17,24,25)(H2,19,20,21,22,23). The van der Waals surface area contributed by atoms with Crippen LogP contribution in [0.3, 0.4) is 0 Å². The van der Waals surface area contributed by atoms with Crippen LogP contribution in [0, 0.1) is 0 Å². The van der Waals surface area contributed by atoms with Gasteiger partial charge in [-0.2, -0.15) is 5.10 Å². The van der Waals surface area contributed by atoms with Crippen molar-refractivity contribution in [2.75, 3.05) is 18.4 Å². The maximum absolute atomic E-state index is 11.4. The SMILES string of the molecule is NS(=O)(=O)c1ccc(-c2ncc(Cl)c(Nc3cc(C4CCNC4)n[nH]3)n2)s1. The molecule has 1 atom stereocenters. The molecule has 3 aromatic rings. The quantitative estimate of drug-likeness (QED) is 0.490. The van der Waals surface area contributed by atoms with Gasteiger partial charge in [-0.25, -0.2) is 23.5 Å². The van der Waals surface area contributed by atoms with Gasteiger partial charge in [0.25, 0.3) is 0 Å². The Kier molecular flexibility index (Phi) is 4.86. The van der Waals surface area contributed by atoms with Crippen molar-refractivity contribution < 1.29 is 8.42 Å². The minimum Gasteiger partial charge on any atom is -0.324 e. The normalized spacial score (nSPS) is 17.3. The number of primary sulfonamides is 1. The lowest BCUT2D eigenvalue weighted by Gasteiger charge is -2.06. The van der Waals surface area contributed by atoms with E-state index in [4.69, 9.17) is 16.7 Å². The maximum Gasteiger partial charge on any atom is 0.247 e. The Bertz CT molecular complexity index is 1070. The number of nitrogens with zero attached hydrogens (tertiary/aromatic N) is 3. The van der Waals surface area contributed by atoms with Gasteiger partial charge in [0, 0.05) is 18.5 Å². The molecule has 1 aliphatic rings. The second-order valence-corrected chi connectivity index (χ2v) is 9.35. The summed E-state index contributed by atoms with van der Waals surface area (Å²) in [5.41, 5.74) is 0.976. The molecule has 0 aliphatic carbocycles. The summed E-state index contributed by atoms with van der Waals surface area (Å²) in [7, 11) is -3.76. The molecule has 0 bridgehead atoms. The van der Waals surface area contributed by atoms with Crippen LogP contribution in [0.15, 0.2) is 28.6 Å². The summed E-state index contributed by atoms with van der Waals surface area (Å²) in [6, 6.07) is 4.97. The number of halogens is 1. The fraction of sp³-hybridized carbons (Fsp3) is 0.267. The second kappa shape index (κ2) is 7.17. The van der Waals surface area contributed by atoms with E-state index in [2.05, 4.69) is 30.8 Å². The predicted octanol–water partition coefficient (Wildman–Crippen LogP) is 2.05. The third-order valence-corrected chi connectivity index (χ3v) is 6.95. The minimum atomic E-state index is -3.76. The highest BCUT2D eigenvalue weighted by Crippen LogP contribution is 2.31. The molecule has 4 rings (SSSR count). The van der Waals surface area contributed by atoms with E-state index in [1.807, 2.05) is 6.07 Å². The van der Waals surface area contributed by atoms with E-state index in [9.17, 15) is 8.42 Å². The molecule has 0 radical (unpaired) electrons. The van der Waals surface area contributed by atoms with Crippen molar-refractivity contribution in [1.29, 1.82) is 0 Å². The molecule has 3 aromatic heterocycles. The van der Waals surface area contributed by atoms with Gasteiger partial charge in [-0.1, -0.05) is 11.6 Å². The summed E-state index contributed by atoms with van der Waals surface area (Å²) in [6.07, 6.45) is 2.51. The lowest BCUT2D eigenvalue weighted by atomic mass is 10.1. The molecule has 1 saturated heterocycles. The number of nitrogens with one attached hydrogen (secondary N) is 3. The van der Waals surface area contributed by atoms with Gasteiger partial charge in [-0.3, -0.25) is 5.10 Å². The van der Waals surface area contributed by atoms with Crippen molar-refractivity contribution in [3.63, 3.8) is 0 Å². The number of sulfonamides is 1. The highest BCUT2D eigenvalue weighted by molar-refractivity contribution is 7.91. The van der Waals surface area contributed by atoms with E-state index in [0.29, 0.717) is 33.3 Å². The number of H-pyrrole nitrogens is 1. The van der Waals surface area contributed by atoms with E-state index in [0.717, 1.165) is 36.5 Å². The Balaban J connectivity index is 1.58. The van der Waals surface area contributed by atoms with E-state index < -0.39 is 10.0 Å². The number of hydrogen-bond donors (Lipinski definition) is 4. The largest absolute Gasteiger partial charge is 0.324 e. The third kappa shape index (κ3) is 3.96. The highest BCUT2D eigenvalue weighted by atomic mass is 35.5. The molecule has 12 heteroatoms. The van der Waals surface area contributed by atoms with Crippen LogP contribution in [0.4, 0.5) is 11.6 Å². The van der Waals surface area contributed by atoms with Crippen LogP contribution >= 0.6 is 22.9 Å². The molecule has 0 saturated carbocycles. The highest BCUT2D eigenvalue weighted by Gasteiger charge is 2.20. The van der Waals surface area contributed by atoms with Gasteiger partial charge < -0.3 is 10.6 Å². The maximum atomic E-state index is 11.4. The smallest absolute Gasteiger partial charge is 0.247 e. The molecular formula is C15H16ClN7O2S2. The number of hydrogen-bond acceptors (Lipinski definition) is 8. The molecule has 142 valence electrons. The van der Waals surface area contributed by atoms with Gasteiger partial charge >= 0.3 is 0 Å². The van der Waals surface area contributed by atoms with Crippen LogP contribution in [-0.4, -0.2) is 41.7 Å². The van der Waals surface area contributed by atoms with Crippen LogP contribution in [0.1, 0.15) is 18.0 Å². The van der Waals surface area contributed by atoms with Crippen molar-refractivity contribution >= 4 is 44.6 Å². The monoisotopic (exact) mass is 425 g/mol. The first-order valence-corrected chi connectivity index (χ1v) is 10.8. The van der Waals surface area contributed by atoms with Crippen molar-refractivity contribution in [2.24, 2.45) is 5.14 Å². The Morgan fingerprint density at radius 1 is 1.37 bits per heavy atom. The zero-order valence-corrected chi connectivity index (χ0v) is 16.3. The molecule has 4 heterocycles. The summed E-state index contributed by atoms with van der Waals surface area (Å²) in [6.45, 7) is 1.90. The van der Waals surface area contributed by atoms with Crippen molar-refractivity contribution in [3.8, 4) is 10.7 Å². The molecule has 1 aliphatic heterocycles. The first kappa shape index (κ1) is 18.3. The molecule has 27 heavy (non-hydrogen) atoms. The van der Waals surface area contributed by atoms with E-state index in [1.165, 1.54) is 12.3 Å². The average Bonchev–Trinajstić information content (AvgIpc) is 3.37. The molecular weight excluding hydrogens is 410 g/mol.